The van der Waals surface area contributed by atoms with Gasteiger partial charge in [-0.1, -0.05) is 41.8 Å². The van der Waals surface area contributed by atoms with Gasteiger partial charge in [0, 0.05) is 5.56 Å². The molecule has 1 aromatic carbocycles. The number of carbonyl (C=O) groups excluding carboxylic acids is 1. The Bertz CT molecular complexity index is 775. The zero-order valence-corrected chi connectivity index (χ0v) is 13.6. The molecule has 0 saturated carbocycles. The van der Waals surface area contributed by atoms with Crippen molar-refractivity contribution in [3.05, 3.63) is 46.0 Å². The maximum absolute atomic E-state index is 12.8. The van der Waals surface area contributed by atoms with E-state index in [2.05, 4.69) is 26.7 Å². The lowest BCUT2D eigenvalue weighted by Gasteiger charge is -2.08. The monoisotopic (exact) mass is 353 g/mol. The molecule has 2 aromatic rings. The highest BCUT2D eigenvalue weighted by molar-refractivity contribution is 7.08. The maximum atomic E-state index is 12.8. The molecule has 0 aliphatic carbocycles. The van der Waals surface area contributed by atoms with E-state index in [1.54, 1.807) is 0 Å². The van der Waals surface area contributed by atoms with Gasteiger partial charge in [0.05, 0.1) is 17.8 Å². The van der Waals surface area contributed by atoms with Crippen molar-refractivity contribution in [2.75, 3.05) is 6.54 Å². The summed E-state index contributed by atoms with van der Waals surface area (Å²) in [5, 5.41) is 6.44. The summed E-state index contributed by atoms with van der Waals surface area (Å²) in [5.74, 6) is 4.62. The van der Waals surface area contributed by atoms with Crippen LogP contribution in [0.25, 0.3) is 0 Å². The van der Waals surface area contributed by atoms with Gasteiger partial charge in [-0.3, -0.25) is 4.79 Å². The van der Waals surface area contributed by atoms with Crippen LogP contribution in [0.3, 0.4) is 0 Å². The molecule has 0 aliphatic rings. The number of amides is 1. The predicted molar refractivity (Wildman–Crippen MR) is 84.6 cm³/mol. The third kappa shape index (κ3) is 4.55. The molecule has 126 valence electrons. The van der Waals surface area contributed by atoms with E-state index in [9.17, 15) is 18.0 Å². The molecular formula is C16H14F3N3OS. The van der Waals surface area contributed by atoms with Crippen molar-refractivity contribution >= 4 is 17.4 Å². The molecule has 0 saturated heterocycles. The average molecular weight is 353 g/mol. The molecule has 0 unspecified atom stereocenters. The van der Waals surface area contributed by atoms with Crippen LogP contribution in [0.4, 0.5) is 13.2 Å². The first-order valence-corrected chi connectivity index (χ1v) is 7.95. The SMILES string of the molecule is CCCc1nnsc1C(=O)NCC#Cc1ccccc1C(F)(F)F. The van der Waals surface area contributed by atoms with Gasteiger partial charge in [-0.15, -0.1) is 5.10 Å². The zero-order valence-electron chi connectivity index (χ0n) is 12.8. The summed E-state index contributed by atoms with van der Waals surface area (Å²) in [5.41, 5.74) is -0.290. The molecule has 0 atom stereocenters. The Morgan fingerprint density at radius 3 is 2.79 bits per heavy atom. The van der Waals surface area contributed by atoms with Crippen LogP contribution in [0.15, 0.2) is 24.3 Å². The number of benzene rings is 1. The van der Waals surface area contributed by atoms with Crippen molar-refractivity contribution in [1.82, 2.24) is 14.9 Å². The molecule has 1 amide bonds. The zero-order chi connectivity index (χ0) is 17.6. The van der Waals surface area contributed by atoms with Gasteiger partial charge in [0.2, 0.25) is 0 Å². The number of rotatable bonds is 4. The van der Waals surface area contributed by atoms with Crippen molar-refractivity contribution in [2.45, 2.75) is 25.9 Å². The van der Waals surface area contributed by atoms with Gasteiger partial charge in [-0.25, -0.2) is 0 Å². The maximum Gasteiger partial charge on any atom is 0.417 e. The first-order chi connectivity index (χ1) is 11.4. The van der Waals surface area contributed by atoms with E-state index < -0.39 is 11.7 Å². The highest BCUT2D eigenvalue weighted by atomic mass is 32.1. The lowest BCUT2D eigenvalue weighted by Crippen LogP contribution is -2.23. The van der Waals surface area contributed by atoms with Crippen molar-refractivity contribution < 1.29 is 18.0 Å². The molecular weight excluding hydrogens is 339 g/mol. The third-order valence-electron chi connectivity index (χ3n) is 3.04. The van der Waals surface area contributed by atoms with Crippen LogP contribution in [0.2, 0.25) is 0 Å². The third-order valence-corrected chi connectivity index (χ3v) is 3.81. The fourth-order valence-corrected chi connectivity index (χ4v) is 2.59. The smallest absolute Gasteiger partial charge is 0.340 e. The van der Waals surface area contributed by atoms with Crippen LogP contribution in [-0.4, -0.2) is 22.0 Å². The molecule has 0 aliphatic heterocycles. The lowest BCUT2D eigenvalue weighted by atomic mass is 10.1. The first kappa shape index (κ1) is 17.9. The van der Waals surface area contributed by atoms with Crippen LogP contribution in [-0.2, 0) is 12.6 Å². The molecule has 8 heteroatoms. The topological polar surface area (TPSA) is 54.9 Å². The van der Waals surface area contributed by atoms with Crippen LogP contribution in [0, 0.1) is 11.8 Å². The van der Waals surface area contributed by atoms with Crippen molar-refractivity contribution in [3.63, 3.8) is 0 Å². The van der Waals surface area contributed by atoms with Gasteiger partial charge >= 0.3 is 6.18 Å². The molecule has 4 nitrogen and oxygen atoms in total. The molecule has 1 heterocycles. The Morgan fingerprint density at radius 2 is 2.08 bits per heavy atom. The Balaban J connectivity index is 2.02. The number of aromatic nitrogens is 2. The summed E-state index contributed by atoms with van der Waals surface area (Å²) in [6, 6.07) is 5.06. The molecule has 1 N–H and O–H groups in total. The summed E-state index contributed by atoms with van der Waals surface area (Å²) in [6.07, 6.45) is -2.98. The fraction of sp³-hybridized carbons (Fsp3) is 0.312. The molecule has 2 rings (SSSR count). The van der Waals surface area contributed by atoms with E-state index in [0.29, 0.717) is 17.0 Å². The Labute approximate surface area is 141 Å². The molecule has 0 radical (unpaired) electrons. The minimum absolute atomic E-state index is 0.0610. The van der Waals surface area contributed by atoms with E-state index in [1.165, 1.54) is 18.2 Å². The van der Waals surface area contributed by atoms with Crippen molar-refractivity contribution in [1.29, 1.82) is 0 Å². The Hall–Kier alpha value is -2.40. The number of halogens is 3. The second-order valence-electron chi connectivity index (χ2n) is 4.83. The standard InChI is InChI=1S/C16H14F3N3OS/c1-2-6-13-14(24-22-21-13)15(23)20-10-5-8-11-7-3-4-9-12(11)16(17,18)19/h3-4,7,9H,2,6,10H2,1H3,(H,20,23). The number of hydrogen-bond donors (Lipinski definition) is 1. The van der Waals surface area contributed by atoms with Crippen LogP contribution >= 0.6 is 11.5 Å². The second-order valence-corrected chi connectivity index (χ2v) is 5.58. The minimum Gasteiger partial charge on any atom is -0.340 e. The van der Waals surface area contributed by atoms with Gasteiger partial charge in [0.25, 0.3) is 5.91 Å². The predicted octanol–water partition coefficient (Wildman–Crippen LogP) is 3.29. The highest BCUT2D eigenvalue weighted by Gasteiger charge is 2.32. The Kier molecular flexibility index (Phi) is 5.93. The minimum atomic E-state index is -4.46. The summed E-state index contributed by atoms with van der Waals surface area (Å²) in [7, 11) is 0. The molecule has 0 bridgehead atoms. The molecule has 1 aromatic heterocycles. The number of carbonyl (C=O) groups is 1. The van der Waals surface area contributed by atoms with Gasteiger partial charge in [-0.05, 0) is 30.1 Å². The number of nitrogens with zero attached hydrogens (tertiary/aromatic N) is 2. The van der Waals surface area contributed by atoms with E-state index in [1.807, 2.05) is 6.92 Å². The number of hydrogen-bond acceptors (Lipinski definition) is 4. The second kappa shape index (κ2) is 7.93. The van der Waals surface area contributed by atoms with E-state index >= 15 is 0 Å². The van der Waals surface area contributed by atoms with Gasteiger partial charge < -0.3 is 5.32 Å². The molecule has 24 heavy (non-hydrogen) atoms. The average Bonchev–Trinajstić information content (AvgIpc) is 2.99. The fourth-order valence-electron chi connectivity index (χ4n) is 1.96. The van der Waals surface area contributed by atoms with Crippen molar-refractivity contribution in [3.8, 4) is 11.8 Å². The quantitative estimate of drug-likeness (QED) is 0.858. The summed E-state index contributed by atoms with van der Waals surface area (Å²) in [6.45, 7) is 1.90. The largest absolute Gasteiger partial charge is 0.417 e. The summed E-state index contributed by atoms with van der Waals surface area (Å²) >= 11 is 0.988. The number of nitrogens with one attached hydrogen (secondary N) is 1. The van der Waals surface area contributed by atoms with E-state index in [4.69, 9.17) is 0 Å². The normalized spacial score (nSPS) is 10.8. The van der Waals surface area contributed by atoms with E-state index in [0.717, 1.165) is 24.0 Å². The molecule has 0 fully saturated rings. The first-order valence-electron chi connectivity index (χ1n) is 7.18. The van der Waals surface area contributed by atoms with Gasteiger partial charge in [0.1, 0.15) is 4.88 Å². The summed E-state index contributed by atoms with van der Waals surface area (Å²) < 4.78 is 42.3. The number of aryl methyl sites for hydroxylation is 1. The van der Waals surface area contributed by atoms with Crippen LogP contribution < -0.4 is 5.32 Å². The van der Waals surface area contributed by atoms with Crippen molar-refractivity contribution in [2.24, 2.45) is 0 Å². The van der Waals surface area contributed by atoms with Crippen LogP contribution in [0.5, 0.6) is 0 Å². The Morgan fingerprint density at radius 1 is 1.33 bits per heavy atom. The van der Waals surface area contributed by atoms with Gasteiger partial charge in [0.15, 0.2) is 0 Å². The lowest BCUT2D eigenvalue weighted by molar-refractivity contribution is -0.137. The highest BCUT2D eigenvalue weighted by Crippen LogP contribution is 2.31. The van der Waals surface area contributed by atoms with E-state index in [-0.39, 0.29) is 18.0 Å². The molecule has 0 spiro atoms. The van der Waals surface area contributed by atoms with Gasteiger partial charge in [-0.2, -0.15) is 13.2 Å². The number of alkyl halides is 3. The summed E-state index contributed by atoms with van der Waals surface area (Å²) in [4.78, 5) is 12.4. The van der Waals surface area contributed by atoms with Crippen LogP contribution in [0.1, 0.15) is 39.8 Å².